The maximum Gasteiger partial charge on any atom is 0.249 e. The molecule has 0 aromatic heterocycles. The van der Waals surface area contributed by atoms with Crippen molar-refractivity contribution in [1.82, 2.24) is 0 Å². The fraction of sp³-hybridized carbons (Fsp3) is 0.300. The lowest BCUT2D eigenvalue weighted by Gasteiger charge is -2.04. The van der Waals surface area contributed by atoms with E-state index in [0.717, 1.165) is 0 Å². The summed E-state index contributed by atoms with van der Waals surface area (Å²) in [6.07, 6.45) is 0.452. The van der Waals surface area contributed by atoms with Gasteiger partial charge in [0.25, 0.3) is 0 Å². The Kier molecular flexibility index (Phi) is 2.93. The first kappa shape index (κ1) is 11.7. The van der Waals surface area contributed by atoms with Crippen LogP contribution in [0.2, 0.25) is 0 Å². The highest BCUT2D eigenvalue weighted by Gasteiger charge is 2.26. The van der Waals surface area contributed by atoms with E-state index in [1.54, 1.807) is 6.07 Å². The fourth-order valence-electron chi connectivity index (χ4n) is 1.77. The van der Waals surface area contributed by atoms with E-state index in [9.17, 15) is 18.1 Å². The first-order chi connectivity index (χ1) is 8.03. The molecule has 1 aliphatic heterocycles. The van der Waals surface area contributed by atoms with Gasteiger partial charge in [-0.1, -0.05) is 5.18 Å². The minimum Gasteiger partial charge on any atom is -0.324 e. The minimum atomic E-state index is -3.14. The van der Waals surface area contributed by atoms with E-state index >= 15 is 0 Å². The van der Waals surface area contributed by atoms with Gasteiger partial charge in [0, 0.05) is 5.69 Å². The molecule has 0 saturated carbocycles. The molecular formula is C10H10N2O4S. The van der Waals surface area contributed by atoms with Crippen LogP contribution in [0.1, 0.15) is 5.56 Å². The Morgan fingerprint density at radius 3 is 2.88 bits per heavy atom. The van der Waals surface area contributed by atoms with Crippen molar-refractivity contribution < 1.29 is 13.2 Å². The topological polar surface area (TPSA) is 92.7 Å². The first-order valence-electron chi connectivity index (χ1n) is 4.97. The molecule has 1 amide bonds. The van der Waals surface area contributed by atoms with Crippen LogP contribution in [-0.2, 0) is 21.1 Å². The van der Waals surface area contributed by atoms with Gasteiger partial charge in [0.05, 0.1) is 10.6 Å². The summed E-state index contributed by atoms with van der Waals surface area (Å²) in [5.74, 6) is -0.406. The summed E-state index contributed by atoms with van der Waals surface area (Å²) in [6, 6.07) is 4.59. The molecule has 1 aliphatic rings. The van der Waals surface area contributed by atoms with Gasteiger partial charge in [0.2, 0.25) is 5.91 Å². The molecule has 0 spiro atoms. The van der Waals surface area contributed by atoms with E-state index in [1.165, 1.54) is 12.1 Å². The fourth-order valence-corrected chi connectivity index (χ4v) is 3.31. The van der Waals surface area contributed by atoms with Crippen LogP contribution in [-0.4, -0.2) is 26.6 Å². The van der Waals surface area contributed by atoms with Crippen molar-refractivity contribution in [3.8, 4) is 0 Å². The summed E-state index contributed by atoms with van der Waals surface area (Å²) in [5, 5.41) is 4.94. The molecule has 1 heterocycles. The maximum atomic E-state index is 11.5. The smallest absolute Gasteiger partial charge is 0.249 e. The second-order valence-electron chi connectivity index (χ2n) is 3.73. The summed E-state index contributed by atoms with van der Waals surface area (Å²) < 4.78 is 23.1. The van der Waals surface area contributed by atoms with Crippen LogP contribution in [0.15, 0.2) is 28.3 Å². The molecule has 0 unspecified atom stereocenters. The molecule has 17 heavy (non-hydrogen) atoms. The van der Waals surface area contributed by atoms with Crippen molar-refractivity contribution in [2.24, 2.45) is 5.18 Å². The third-order valence-electron chi connectivity index (χ3n) is 2.53. The first-order valence-corrected chi connectivity index (χ1v) is 6.63. The molecule has 1 N–H and O–H groups in total. The predicted octanol–water partition coefficient (Wildman–Crippen LogP) is 0.721. The molecule has 0 radical (unpaired) electrons. The lowest BCUT2D eigenvalue weighted by Crippen LogP contribution is -2.14. The molecule has 0 fully saturated rings. The van der Waals surface area contributed by atoms with Crippen LogP contribution in [0.4, 0.5) is 5.69 Å². The van der Waals surface area contributed by atoms with Crippen molar-refractivity contribution in [2.75, 3.05) is 17.6 Å². The third kappa shape index (κ3) is 2.33. The number of nitroso groups, excluding NO2 is 1. The molecule has 2 rings (SSSR count). The maximum absolute atomic E-state index is 11.5. The number of anilines is 1. The molecular weight excluding hydrogens is 244 g/mol. The second kappa shape index (κ2) is 4.25. The van der Waals surface area contributed by atoms with Crippen molar-refractivity contribution in [3.05, 3.63) is 28.7 Å². The Morgan fingerprint density at radius 2 is 2.18 bits per heavy atom. The van der Waals surface area contributed by atoms with Gasteiger partial charge in [0.1, 0.15) is 0 Å². The Balaban J connectivity index is 2.24. The standard InChI is InChI=1S/C10H10N2O4S/c13-10(6-11-14)12-8-1-2-9-7(5-8)3-4-17(9,15)16/h1-2,5H,3-4,6H2,(H,12,13). The lowest BCUT2D eigenvalue weighted by molar-refractivity contribution is -0.114. The number of sulfone groups is 1. The van der Waals surface area contributed by atoms with Gasteiger partial charge in [0.15, 0.2) is 16.4 Å². The number of rotatable bonds is 3. The lowest BCUT2D eigenvalue weighted by atomic mass is 10.1. The van der Waals surface area contributed by atoms with Crippen LogP contribution in [0, 0.1) is 4.91 Å². The summed E-state index contributed by atoms with van der Waals surface area (Å²) in [4.78, 5) is 21.3. The molecule has 7 heteroatoms. The number of hydrogen-bond donors (Lipinski definition) is 1. The normalized spacial score (nSPS) is 16.2. The average molecular weight is 254 g/mol. The zero-order chi connectivity index (χ0) is 12.5. The highest BCUT2D eigenvalue weighted by atomic mass is 32.2. The van der Waals surface area contributed by atoms with E-state index in [0.29, 0.717) is 22.6 Å². The van der Waals surface area contributed by atoms with Gasteiger partial charge < -0.3 is 5.32 Å². The number of benzene rings is 1. The Bertz CT molecular complexity index is 580. The number of nitrogens with zero attached hydrogens (tertiary/aromatic N) is 1. The molecule has 1 aromatic carbocycles. The van der Waals surface area contributed by atoms with E-state index in [4.69, 9.17) is 0 Å². The van der Waals surface area contributed by atoms with Gasteiger partial charge >= 0.3 is 0 Å². The van der Waals surface area contributed by atoms with E-state index in [-0.39, 0.29) is 5.75 Å². The van der Waals surface area contributed by atoms with Crippen LogP contribution in [0.5, 0.6) is 0 Å². The monoisotopic (exact) mass is 254 g/mol. The largest absolute Gasteiger partial charge is 0.324 e. The molecule has 1 aromatic rings. The predicted molar refractivity (Wildman–Crippen MR) is 61.5 cm³/mol. The number of aryl methyl sites for hydroxylation is 1. The Hall–Kier alpha value is -1.76. The SMILES string of the molecule is O=NCC(=O)Nc1ccc2c(c1)CCS2(=O)=O. The summed E-state index contributed by atoms with van der Waals surface area (Å²) >= 11 is 0. The number of carbonyl (C=O) groups is 1. The van der Waals surface area contributed by atoms with Crippen LogP contribution < -0.4 is 5.32 Å². The van der Waals surface area contributed by atoms with Crippen LogP contribution in [0.3, 0.4) is 0 Å². The third-order valence-corrected chi connectivity index (χ3v) is 4.34. The molecule has 0 saturated heterocycles. The number of amides is 1. The molecule has 0 atom stereocenters. The number of hydrogen-bond acceptors (Lipinski definition) is 5. The van der Waals surface area contributed by atoms with Crippen LogP contribution >= 0.6 is 0 Å². The summed E-state index contributed by atoms with van der Waals surface area (Å²) in [6.45, 7) is -0.449. The quantitative estimate of drug-likeness (QED) is 0.804. The summed E-state index contributed by atoms with van der Waals surface area (Å²) in [5.41, 5.74) is 1.18. The molecule has 90 valence electrons. The van der Waals surface area contributed by atoms with Gasteiger partial charge in [-0.15, -0.1) is 0 Å². The van der Waals surface area contributed by atoms with E-state index in [2.05, 4.69) is 10.5 Å². The number of carbonyl (C=O) groups excluding carboxylic acids is 1. The number of nitrogens with one attached hydrogen (secondary N) is 1. The molecule has 0 aliphatic carbocycles. The van der Waals surface area contributed by atoms with Gasteiger partial charge in [-0.2, -0.15) is 4.91 Å². The van der Waals surface area contributed by atoms with Gasteiger partial charge in [-0.25, -0.2) is 8.42 Å². The highest BCUT2D eigenvalue weighted by Crippen LogP contribution is 2.28. The minimum absolute atomic E-state index is 0.107. The summed E-state index contributed by atoms with van der Waals surface area (Å²) in [7, 11) is -3.14. The molecule has 0 bridgehead atoms. The average Bonchev–Trinajstić information content (AvgIpc) is 2.55. The van der Waals surface area contributed by atoms with Crippen molar-refractivity contribution in [1.29, 1.82) is 0 Å². The van der Waals surface area contributed by atoms with Gasteiger partial charge in [-0.05, 0) is 30.2 Å². The number of fused-ring (bicyclic) bond motifs is 1. The van der Waals surface area contributed by atoms with Crippen molar-refractivity contribution >= 4 is 21.4 Å². The van der Waals surface area contributed by atoms with Crippen molar-refractivity contribution in [3.63, 3.8) is 0 Å². The zero-order valence-electron chi connectivity index (χ0n) is 8.84. The van der Waals surface area contributed by atoms with E-state index < -0.39 is 22.3 Å². The second-order valence-corrected chi connectivity index (χ2v) is 5.80. The molecule has 6 nitrogen and oxygen atoms in total. The zero-order valence-corrected chi connectivity index (χ0v) is 9.66. The van der Waals surface area contributed by atoms with Crippen molar-refractivity contribution in [2.45, 2.75) is 11.3 Å². The van der Waals surface area contributed by atoms with Crippen LogP contribution in [0.25, 0.3) is 0 Å². The Labute approximate surface area is 97.9 Å². The van der Waals surface area contributed by atoms with E-state index in [1.807, 2.05) is 0 Å². The highest BCUT2D eigenvalue weighted by molar-refractivity contribution is 7.91. The van der Waals surface area contributed by atoms with Gasteiger partial charge in [-0.3, -0.25) is 4.79 Å². The Morgan fingerprint density at radius 1 is 1.41 bits per heavy atom.